The van der Waals surface area contributed by atoms with Crippen molar-refractivity contribution in [3.8, 4) is 0 Å². The van der Waals surface area contributed by atoms with E-state index in [1.807, 2.05) is 0 Å². The third-order valence-corrected chi connectivity index (χ3v) is 2.06. The Morgan fingerprint density at radius 2 is 2.27 bits per heavy atom. The molecule has 1 heterocycles. The van der Waals surface area contributed by atoms with Crippen LogP contribution in [-0.4, -0.2) is 30.2 Å². The average Bonchev–Trinajstić information content (AvgIpc) is 2.19. The Morgan fingerprint density at radius 3 is 2.87 bits per heavy atom. The van der Waals surface area contributed by atoms with Crippen LogP contribution in [0, 0.1) is 0 Å². The molecule has 15 heavy (non-hydrogen) atoms. The fourth-order valence-electron chi connectivity index (χ4n) is 1.35. The first kappa shape index (κ1) is 11.7. The van der Waals surface area contributed by atoms with E-state index in [4.69, 9.17) is 16.3 Å². The number of rotatable bonds is 5. The van der Waals surface area contributed by atoms with Crippen molar-refractivity contribution in [3.05, 3.63) is 0 Å². The quantitative estimate of drug-likeness (QED) is 0.536. The molecule has 0 radical (unpaired) electrons. The van der Waals surface area contributed by atoms with Crippen LogP contribution < -0.4 is 17.1 Å². The number of hydrazine groups is 1. The number of nitrogens with two attached hydrogens (primary N) is 2. The number of nitrogens with one attached hydrogen (secondary N) is 1. The molecule has 5 N–H and O–H groups in total. The van der Waals surface area contributed by atoms with Gasteiger partial charge >= 0.3 is 0 Å². The number of aliphatic imine (C=N–C) groups is 2. The van der Waals surface area contributed by atoms with Gasteiger partial charge in [0.15, 0.2) is 0 Å². The molecule has 0 saturated heterocycles. The lowest BCUT2D eigenvalue weighted by Crippen LogP contribution is -2.54. The summed E-state index contributed by atoms with van der Waals surface area (Å²) in [6.45, 7) is 2.11. The van der Waals surface area contributed by atoms with E-state index in [2.05, 4.69) is 22.5 Å². The summed E-state index contributed by atoms with van der Waals surface area (Å²) in [5, 5.41) is 1.56. The van der Waals surface area contributed by atoms with E-state index in [1.54, 1.807) is 5.01 Å². The summed E-state index contributed by atoms with van der Waals surface area (Å²) in [5.74, 6) is 0.480. The van der Waals surface area contributed by atoms with Gasteiger partial charge in [-0.25, -0.2) is 10.0 Å². The molecule has 0 amide bonds. The van der Waals surface area contributed by atoms with E-state index >= 15 is 0 Å². The molecular formula is C8H18N6O. The zero-order chi connectivity index (χ0) is 11.3. The first-order valence-corrected chi connectivity index (χ1v) is 4.94. The normalized spacial score (nSPS) is 21.2. The number of hydrogen-bond donors (Lipinski definition) is 3. The van der Waals surface area contributed by atoms with Crippen molar-refractivity contribution >= 4 is 11.9 Å². The van der Waals surface area contributed by atoms with Gasteiger partial charge in [-0.15, -0.1) is 5.59 Å². The van der Waals surface area contributed by atoms with Crippen LogP contribution in [0.4, 0.5) is 0 Å². The molecular weight excluding hydrogens is 196 g/mol. The molecule has 0 aromatic rings. The molecule has 1 unspecified atom stereocenters. The van der Waals surface area contributed by atoms with Crippen LogP contribution in [0.2, 0.25) is 0 Å². The maximum absolute atomic E-state index is 5.69. The molecule has 0 aliphatic carbocycles. The molecule has 7 heteroatoms. The van der Waals surface area contributed by atoms with Gasteiger partial charge in [0, 0.05) is 0 Å². The summed E-state index contributed by atoms with van der Waals surface area (Å²) in [6, 6.07) is 0. The van der Waals surface area contributed by atoms with Crippen LogP contribution in [0.15, 0.2) is 9.98 Å². The number of hydrogen-bond acceptors (Lipinski definition) is 7. The highest BCUT2D eigenvalue weighted by molar-refractivity contribution is 5.94. The topological polar surface area (TPSA) is 101 Å². The van der Waals surface area contributed by atoms with Crippen molar-refractivity contribution in [3.63, 3.8) is 0 Å². The van der Waals surface area contributed by atoms with Gasteiger partial charge in [-0.2, -0.15) is 4.99 Å². The van der Waals surface area contributed by atoms with Crippen molar-refractivity contribution < 1.29 is 4.84 Å². The second-order valence-electron chi connectivity index (χ2n) is 3.25. The monoisotopic (exact) mass is 214 g/mol. The zero-order valence-corrected chi connectivity index (χ0v) is 9.10. The van der Waals surface area contributed by atoms with Gasteiger partial charge in [-0.1, -0.05) is 13.3 Å². The van der Waals surface area contributed by atoms with Crippen molar-refractivity contribution in [2.24, 2.45) is 21.5 Å². The van der Waals surface area contributed by atoms with E-state index in [-0.39, 0.29) is 18.1 Å². The summed E-state index contributed by atoms with van der Waals surface area (Å²) in [4.78, 5) is 12.8. The van der Waals surface area contributed by atoms with Crippen molar-refractivity contribution in [1.82, 2.24) is 10.6 Å². The van der Waals surface area contributed by atoms with Gasteiger partial charge in [0.2, 0.25) is 11.9 Å². The van der Waals surface area contributed by atoms with Gasteiger partial charge in [-0.3, -0.25) is 4.84 Å². The standard InChI is InChI=1S/C8H18N6O/c1-3-4-5-6-11-7(9)12-8(10)14(6)13-15-2/h6,13H,3-5H2,1-2H3,(H4,9,10,11,12). The van der Waals surface area contributed by atoms with Crippen molar-refractivity contribution in [2.45, 2.75) is 32.4 Å². The molecule has 0 aromatic heterocycles. The zero-order valence-electron chi connectivity index (χ0n) is 9.10. The minimum Gasteiger partial charge on any atom is -0.368 e. The van der Waals surface area contributed by atoms with Crippen LogP contribution in [0.5, 0.6) is 0 Å². The van der Waals surface area contributed by atoms with E-state index in [1.165, 1.54) is 7.11 Å². The molecule has 1 aliphatic rings. The van der Waals surface area contributed by atoms with Crippen LogP contribution in [-0.2, 0) is 4.84 Å². The predicted molar refractivity (Wildman–Crippen MR) is 58.5 cm³/mol. The van der Waals surface area contributed by atoms with Crippen molar-refractivity contribution in [1.29, 1.82) is 0 Å². The lowest BCUT2D eigenvalue weighted by molar-refractivity contribution is -0.0374. The van der Waals surface area contributed by atoms with Crippen LogP contribution in [0.25, 0.3) is 0 Å². The summed E-state index contributed by atoms with van der Waals surface area (Å²) >= 11 is 0. The Bertz CT molecular complexity index is 264. The number of nitrogens with zero attached hydrogens (tertiary/aromatic N) is 3. The summed E-state index contributed by atoms with van der Waals surface area (Å²) < 4.78 is 0. The first-order valence-electron chi connectivity index (χ1n) is 4.94. The predicted octanol–water partition coefficient (Wildman–Crippen LogP) is -0.486. The van der Waals surface area contributed by atoms with E-state index in [9.17, 15) is 0 Å². The largest absolute Gasteiger partial charge is 0.368 e. The maximum atomic E-state index is 5.69. The Balaban J connectivity index is 2.68. The second kappa shape index (κ2) is 5.52. The van der Waals surface area contributed by atoms with Crippen LogP contribution in [0.1, 0.15) is 26.2 Å². The minimum absolute atomic E-state index is 0.151. The molecule has 1 atom stereocenters. The van der Waals surface area contributed by atoms with Gasteiger partial charge in [0.1, 0.15) is 6.17 Å². The molecule has 7 nitrogen and oxygen atoms in total. The summed E-state index contributed by atoms with van der Waals surface area (Å²) in [6.07, 6.45) is 2.83. The lowest BCUT2D eigenvalue weighted by Gasteiger charge is -2.31. The van der Waals surface area contributed by atoms with Crippen LogP contribution in [0.3, 0.4) is 0 Å². The molecule has 0 aromatic carbocycles. The third-order valence-electron chi connectivity index (χ3n) is 2.06. The minimum atomic E-state index is -0.151. The highest BCUT2D eigenvalue weighted by Crippen LogP contribution is 2.11. The van der Waals surface area contributed by atoms with Gasteiger partial charge in [0.05, 0.1) is 7.11 Å². The molecule has 0 bridgehead atoms. The number of unbranched alkanes of at least 4 members (excludes halogenated alkanes) is 1. The fraction of sp³-hybridized carbons (Fsp3) is 0.750. The Labute approximate surface area is 89.1 Å². The second-order valence-corrected chi connectivity index (χ2v) is 3.25. The van der Waals surface area contributed by atoms with Gasteiger partial charge < -0.3 is 11.5 Å². The molecule has 86 valence electrons. The maximum Gasteiger partial charge on any atom is 0.220 e. The van der Waals surface area contributed by atoms with Crippen molar-refractivity contribution in [2.75, 3.05) is 7.11 Å². The third kappa shape index (κ3) is 3.07. The smallest absolute Gasteiger partial charge is 0.220 e. The summed E-state index contributed by atoms with van der Waals surface area (Å²) in [5.41, 5.74) is 13.9. The molecule has 0 saturated carbocycles. The number of guanidine groups is 2. The van der Waals surface area contributed by atoms with E-state index in [0.29, 0.717) is 0 Å². The molecule has 0 spiro atoms. The summed E-state index contributed by atoms with van der Waals surface area (Å²) in [7, 11) is 1.51. The average molecular weight is 214 g/mol. The van der Waals surface area contributed by atoms with Gasteiger partial charge in [0.25, 0.3) is 0 Å². The van der Waals surface area contributed by atoms with Gasteiger partial charge in [-0.05, 0) is 12.8 Å². The molecule has 1 aliphatic heterocycles. The fourth-order valence-corrected chi connectivity index (χ4v) is 1.35. The Hall–Kier alpha value is -1.34. The first-order chi connectivity index (χ1) is 7.19. The molecule has 1 rings (SSSR count). The van der Waals surface area contributed by atoms with E-state index < -0.39 is 0 Å². The Kier molecular flexibility index (Phi) is 4.32. The highest BCUT2D eigenvalue weighted by atomic mass is 16.7. The highest BCUT2D eigenvalue weighted by Gasteiger charge is 2.23. The van der Waals surface area contributed by atoms with E-state index in [0.717, 1.165) is 19.3 Å². The molecule has 0 fully saturated rings. The lowest BCUT2D eigenvalue weighted by atomic mass is 10.2. The Morgan fingerprint density at radius 1 is 1.53 bits per heavy atom. The van der Waals surface area contributed by atoms with Crippen LogP contribution >= 0.6 is 0 Å². The SMILES string of the molecule is CCCCC1N=C(N)N=C(N)N1NOC.